The Morgan fingerprint density at radius 1 is 1.35 bits per heavy atom. The van der Waals surface area contributed by atoms with Gasteiger partial charge in [-0.2, -0.15) is 0 Å². The van der Waals surface area contributed by atoms with Gasteiger partial charge in [0.25, 0.3) is 0 Å². The molecule has 0 aromatic heterocycles. The Kier molecular flexibility index (Phi) is 3.04. The highest BCUT2D eigenvalue weighted by Crippen LogP contribution is 2.28. The summed E-state index contributed by atoms with van der Waals surface area (Å²) in [5.74, 6) is 0.708. The fourth-order valence-corrected chi connectivity index (χ4v) is 2.96. The lowest BCUT2D eigenvalue weighted by molar-refractivity contribution is 0.0379. The molecule has 1 saturated heterocycles. The van der Waals surface area contributed by atoms with Crippen LogP contribution in [-0.4, -0.2) is 24.7 Å². The number of nitrogens with zero attached hydrogens (tertiary/aromatic N) is 1. The number of rotatable bonds is 2. The molecule has 0 spiro atoms. The smallest absolute Gasteiger partial charge is 0.0506 e. The quantitative estimate of drug-likeness (QED) is 0.793. The summed E-state index contributed by atoms with van der Waals surface area (Å²) in [5, 5.41) is 0. The van der Waals surface area contributed by atoms with Crippen molar-refractivity contribution >= 4 is 5.69 Å². The second kappa shape index (κ2) is 4.67. The summed E-state index contributed by atoms with van der Waals surface area (Å²) in [5.41, 5.74) is 9.71. The monoisotopic (exact) mass is 232 g/mol. The molecule has 3 rings (SSSR count). The van der Waals surface area contributed by atoms with Crippen LogP contribution in [0.3, 0.4) is 0 Å². The minimum atomic E-state index is 0.708. The fraction of sp³-hybridized carbons (Fsp3) is 0.571. The summed E-state index contributed by atoms with van der Waals surface area (Å²) < 4.78 is 5.54. The number of ether oxygens (including phenoxy) is 1. The first kappa shape index (κ1) is 11.1. The van der Waals surface area contributed by atoms with Crippen molar-refractivity contribution in [2.75, 3.05) is 25.5 Å². The first-order valence-corrected chi connectivity index (χ1v) is 6.49. The third-order valence-electron chi connectivity index (χ3n) is 3.86. The van der Waals surface area contributed by atoms with E-state index in [1.165, 1.54) is 24.0 Å². The first-order valence-electron chi connectivity index (χ1n) is 6.49. The lowest BCUT2D eigenvalue weighted by Gasteiger charge is -2.26. The Bertz CT molecular complexity index is 399. The van der Waals surface area contributed by atoms with Gasteiger partial charge in [-0.05, 0) is 36.0 Å². The van der Waals surface area contributed by atoms with Gasteiger partial charge in [0.05, 0.1) is 6.61 Å². The molecule has 2 N–H and O–H groups in total. The molecule has 0 bridgehead atoms. The van der Waals surface area contributed by atoms with Crippen LogP contribution in [-0.2, 0) is 17.8 Å². The van der Waals surface area contributed by atoms with E-state index in [0.29, 0.717) is 5.92 Å². The SMILES string of the molecule is Nc1cccc2c1CN(CC1CCCOC1)C2. The van der Waals surface area contributed by atoms with E-state index in [1.807, 2.05) is 6.07 Å². The second-order valence-electron chi connectivity index (χ2n) is 5.24. The van der Waals surface area contributed by atoms with Gasteiger partial charge < -0.3 is 10.5 Å². The maximum absolute atomic E-state index is 6.02. The van der Waals surface area contributed by atoms with Crippen molar-refractivity contribution in [2.45, 2.75) is 25.9 Å². The number of nitrogens with two attached hydrogens (primary N) is 1. The number of hydrogen-bond acceptors (Lipinski definition) is 3. The lowest BCUT2D eigenvalue weighted by atomic mass is 10.0. The molecule has 1 aromatic rings. The molecule has 0 amide bonds. The predicted octanol–water partition coefficient (Wildman–Crippen LogP) is 2.01. The van der Waals surface area contributed by atoms with Crippen LogP contribution in [0.2, 0.25) is 0 Å². The molecule has 2 aliphatic heterocycles. The lowest BCUT2D eigenvalue weighted by Crippen LogP contribution is -2.30. The van der Waals surface area contributed by atoms with Crippen LogP contribution in [0.5, 0.6) is 0 Å². The normalized spacial score (nSPS) is 24.8. The van der Waals surface area contributed by atoms with E-state index in [9.17, 15) is 0 Å². The molecular formula is C14H20N2O. The van der Waals surface area contributed by atoms with E-state index in [2.05, 4.69) is 17.0 Å². The van der Waals surface area contributed by atoms with Gasteiger partial charge >= 0.3 is 0 Å². The molecule has 92 valence electrons. The number of nitrogen functional groups attached to an aromatic ring is 1. The van der Waals surface area contributed by atoms with Crippen LogP contribution in [0.25, 0.3) is 0 Å². The molecule has 3 heteroatoms. The zero-order valence-electron chi connectivity index (χ0n) is 10.2. The Labute approximate surface area is 103 Å². The molecule has 3 nitrogen and oxygen atoms in total. The predicted molar refractivity (Wildman–Crippen MR) is 68.5 cm³/mol. The Balaban J connectivity index is 1.63. The topological polar surface area (TPSA) is 38.5 Å². The highest BCUT2D eigenvalue weighted by Gasteiger charge is 2.24. The molecule has 0 aliphatic carbocycles. The van der Waals surface area contributed by atoms with Crippen molar-refractivity contribution in [1.29, 1.82) is 0 Å². The zero-order chi connectivity index (χ0) is 11.7. The molecule has 2 aliphatic rings. The summed E-state index contributed by atoms with van der Waals surface area (Å²) >= 11 is 0. The average Bonchev–Trinajstić information content (AvgIpc) is 2.74. The highest BCUT2D eigenvalue weighted by atomic mass is 16.5. The molecule has 1 aromatic carbocycles. The van der Waals surface area contributed by atoms with Crippen LogP contribution in [0.1, 0.15) is 24.0 Å². The van der Waals surface area contributed by atoms with Gasteiger partial charge in [0.1, 0.15) is 0 Å². The minimum Gasteiger partial charge on any atom is -0.398 e. The molecule has 0 saturated carbocycles. The fourth-order valence-electron chi connectivity index (χ4n) is 2.96. The van der Waals surface area contributed by atoms with Crippen molar-refractivity contribution < 1.29 is 4.74 Å². The number of benzene rings is 1. The van der Waals surface area contributed by atoms with Crippen LogP contribution < -0.4 is 5.73 Å². The molecular weight excluding hydrogens is 212 g/mol. The van der Waals surface area contributed by atoms with Gasteiger partial charge in [-0.3, -0.25) is 4.90 Å². The second-order valence-corrected chi connectivity index (χ2v) is 5.24. The van der Waals surface area contributed by atoms with E-state index in [-0.39, 0.29) is 0 Å². The van der Waals surface area contributed by atoms with Gasteiger partial charge in [-0.25, -0.2) is 0 Å². The van der Waals surface area contributed by atoms with Crippen LogP contribution in [0.4, 0.5) is 5.69 Å². The van der Waals surface area contributed by atoms with Crippen molar-refractivity contribution in [3.05, 3.63) is 29.3 Å². The number of hydrogen-bond donors (Lipinski definition) is 1. The Morgan fingerprint density at radius 2 is 2.29 bits per heavy atom. The molecule has 0 radical (unpaired) electrons. The third-order valence-corrected chi connectivity index (χ3v) is 3.86. The van der Waals surface area contributed by atoms with E-state index in [0.717, 1.165) is 38.5 Å². The van der Waals surface area contributed by atoms with Gasteiger partial charge in [-0.1, -0.05) is 12.1 Å². The van der Waals surface area contributed by atoms with Crippen molar-refractivity contribution in [3.63, 3.8) is 0 Å². The third kappa shape index (κ3) is 2.31. The Hall–Kier alpha value is -1.06. The highest BCUT2D eigenvalue weighted by molar-refractivity contribution is 5.52. The number of anilines is 1. The van der Waals surface area contributed by atoms with Crippen LogP contribution >= 0.6 is 0 Å². The summed E-state index contributed by atoms with van der Waals surface area (Å²) in [6, 6.07) is 6.26. The molecule has 1 fully saturated rings. The van der Waals surface area contributed by atoms with E-state index in [4.69, 9.17) is 10.5 Å². The summed E-state index contributed by atoms with van der Waals surface area (Å²) in [7, 11) is 0. The minimum absolute atomic E-state index is 0.708. The van der Waals surface area contributed by atoms with Gasteiger partial charge in [0.2, 0.25) is 0 Å². The number of fused-ring (bicyclic) bond motifs is 1. The van der Waals surface area contributed by atoms with Gasteiger partial charge in [-0.15, -0.1) is 0 Å². The Morgan fingerprint density at radius 3 is 3.06 bits per heavy atom. The van der Waals surface area contributed by atoms with Crippen molar-refractivity contribution in [2.24, 2.45) is 5.92 Å². The van der Waals surface area contributed by atoms with Crippen LogP contribution in [0, 0.1) is 5.92 Å². The maximum Gasteiger partial charge on any atom is 0.0506 e. The van der Waals surface area contributed by atoms with Gasteiger partial charge in [0.15, 0.2) is 0 Å². The summed E-state index contributed by atoms with van der Waals surface area (Å²) in [6.45, 7) is 5.09. The van der Waals surface area contributed by atoms with Gasteiger partial charge in [0, 0.05) is 31.9 Å². The van der Waals surface area contributed by atoms with E-state index >= 15 is 0 Å². The maximum atomic E-state index is 6.02. The molecule has 2 heterocycles. The van der Waals surface area contributed by atoms with Crippen molar-refractivity contribution in [3.8, 4) is 0 Å². The summed E-state index contributed by atoms with van der Waals surface area (Å²) in [6.07, 6.45) is 2.52. The van der Waals surface area contributed by atoms with Crippen LogP contribution in [0.15, 0.2) is 18.2 Å². The molecule has 1 atom stereocenters. The largest absolute Gasteiger partial charge is 0.398 e. The molecule has 1 unspecified atom stereocenters. The molecule has 17 heavy (non-hydrogen) atoms. The van der Waals surface area contributed by atoms with E-state index < -0.39 is 0 Å². The standard InChI is InChI=1S/C14H20N2O/c15-14-5-1-4-12-8-16(9-13(12)14)7-11-3-2-6-17-10-11/h1,4-5,11H,2-3,6-10,15H2. The first-order chi connectivity index (χ1) is 8.33. The average molecular weight is 232 g/mol. The zero-order valence-corrected chi connectivity index (χ0v) is 10.2. The summed E-state index contributed by atoms with van der Waals surface area (Å²) in [4.78, 5) is 2.50. The van der Waals surface area contributed by atoms with Crippen molar-refractivity contribution in [1.82, 2.24) is 4.90 Å². The van der Waals surface area contributed by atoms with E-state index in [1.54, 1.807) is 0 Å².